The van der Waals surface area contributed by atoms with Crippen molar-refractivity contribution in [3.05, 3.63) is 132 Å². The molecule has 0 bridgehead atoms. The van der Waals surface area contributed by atoms with Crippen molar-refractivity contribution in [2.24, 2.45) is 0 Å². The molecule has 0 atom stereocenters. The quantitative estimate of drug-likeness (QED) is 0.191. The van der Waals surface area contributed by atoms with Crippen molar-refractivity contribution in [1.82, 2.24) is 0 Å². The second-order valence-corrected chi connectivity index (χ2v) is 13.8. The Morgan fingerprint density at radius 3 is 1.12 bits per heavy atom. The number of hydrogen-bond acceptors (Lipinski definition) is 0. The molecule has 0 heteroatoms. The Bertz CT molecular complexity index is 1980. The molecule has 0 aromatic heterocycles. The van der Waals surface area contributed by atoms with Crippen LogP contribution in [0.2, 0.25) is 0 Å². The van der Waals surface area contributed by atoms with E-state index in [1.165, 1.54) is 76.5 Å². The molecule has 0 aliphatic rings. The standard InChI is InChI=1S/C42H38/c1-41(2,3)29-21-23-35-37(25-29)39(33-19-11-15-27-13-7-9-17-31(27)33)36-24-22-30(42(4,5)6)26-38(36)40(35)34-20-12-16-28-14-8-10-18-32(28)34/h7-26H,1-6H3. The predicted molar refractivity (Wildman–Crippen MR) is 185 cm³/mol. The molecule has 0 amide bonds. The summed E-state index contributed by atoms with van der Waals surface area (Å²) in [6.45, 7) is 13.9. The van der Waals surface area contributed by atoms with E-state index in [0.717, 1.165) is 0 Å². The molecule has 7 rings (SSSR count). The van der Waals surface area contributed by atoms with E-state index < -0.39 is 0 Å². The highest BCUT2D eigenvalue weighted by Crippen LogP contribution is 2.48. The molecule has 7 aromatic rings. The summed E-state index contributed by atoms with van der Waals surface area (Å²) in [5.41, 5.74) is 8.02. The fraction of sp³-hybridized carbons (Fsp3) is 0.190. The summed E-state index contributed by atoms with van der Waals surface area (Å²) < 4.78 is 0. The van der Waals surface area contributed by atoms with E-state index in [4.69, 9.17) is 0 Å². The second-order valence-electron chi connectivity index (χ2n) is 13.8. The van der Waals surface area contributed by atoms with E-state index in [1.807, 2.05) is 0 Å². The third-order valence-electron chi connectivity index (χ3n) is 8.97. The van der Waals surface area contributed by atoms with Crippen LogP contribution in [0.15, 0.2) is 121 Å². The molecule has 0 aliphatic heterocycles. The Balaban J connectivity index is 1.75. The van der Waals surface area contributed by atoms with E-state index in [9.17, 15) is 0 Å². The molecule has 0 fully saturated rings. The van der Waals surface area contributed by atoms with Crippen molar-refractivity contribution in [2.45, 2.75) is 52.4 Å². The van der Waals surface area contributed by atoms with E-state index in [-0.39, 0.29) is 10.8 Å². The normalized spacial score (nSPS) is 12.5. The lowest BCUT2D eigenvalue weighted by molar-refractivity contribution is 0.590. The van der Waals surface area contributed by atoms with Gasteiger partial charge in [0.15, 0.2) is 0 Å². The third kappa shape index (κ3) is 4.29. The minimum atomic E-state index is 0.0366. The molecule has 206 valence electrons. The smallest absolute Gasteiger partial charge is 0.00200 e. The van der Waals surface area contributed by atoms with E-state index >= 15 is 0 Å². The lowest BCUT2D eigenvalue weighted by Crippen LogP contribution is -2.11. The molecular weight excluding hydrogens is 504 g/mol. The van der Waals surface area contributed by atoms with Crippen molar-refractivity contribution in [3.8, 4) is 22.3 Å². The molecule has 0 N–H and O–H groups in total. The largest absolute Gasteiger partial charge is 0.0616 e. The summed E-state index contributed by atoms with van der Waals surface area (Å²) in [7, 11) is 0. The summed E-state index contributed by atoms with van der Waals surface area (Å²) in [6.07, 6.45) is 0. The Kier molecular flexibility index (Phi) is 6.03. The first kappa shape index (κ1) is 26.5. The Labute approximate surface area is 249 Å². The zero-order chi connectivity index (χ0) is 29.2. The lowest BCUT2D eigenvalue weighted by Gasteiger charge is -2.25. The molecule has 0 aliphatic carbocycles. The fourth-order valence-electron chi connectivity index (χ4n) is 6.63. The number of hydrogen-bond donors (Lipinski definition) is 0. The van der Waals surface area contributed by atoms with Crippen LogP contribution in [-0.2, 0) is 10.8 Å². The van der Waals surface area contributed by atoms with Gasteiger partial charge in [0.2, 0.25) is 0 Å². The Morgan fingerprint density at radius 1 is 0.333 bits per heavy atom. The zero-order valence-corrected chi connectivity index (χ0v) is 25.5. The van der Waals surface area contributed by atoms with Crippen molar-refractivity contribution >= 4 is 43.1 Å². The number of fused-ring (bicyclic) bond motifs is 4. The van der Waals surface area contributed by atoms with Gasteiger partial charge in [0, 0.05) is 0 Å². The maximum absolute atomic E-state index is 2.47. The van der Waals surface area contributed by atoms with E-state index in [0.29, 0.717) is 0 Å². The SMILES string of the molecule is CC(C)(C)c1ccc2c(-c3cccc4ccccc34)c3cc(C(C)(C)C)ccc3c(-c3cccc4ccccc34)c2c1. The molecule has 42 heavy (non-hydrogen) atoms. The van der Waals surface area contributed by atoms with Crippen LogP contribution in [0.5, 0.6) is 0 Å². The van der Waals surface area contributed by atoms with Gasteiger partial charge in [0.1, 0.15) is 0 Å². The maximum atomic E-state index is 2.47. The van der Waals surface area contributed by atoms with Crippen LogP contribution in [0.25, 0.3) is 65.3 Å². The highest BCUT2D eigenvalue weighted by atomic mass is 14.3. The van der Waals surface area contributed by atoms with Gasteiger partial charge in [-0.3, -0.25) is 0 Å². The van der Waals surface area contributed by atoms with Crippen LogP contribution >= 0.6 is 0 Å². The molecule has 0 radical (unpaired) electrons. The number of benzene rings is 7. The predicted octanol–water partition coefficient (Wildman–Crippen LogP) is 12.2. The molecule has 0 unspecified atom stereocenters. The van der Waals surface area contributed by atoms with Crippen LogP contribution in [0, 0.1) is 0 Å². The summed E-state index contributed by atoms with van der Waals surface area (Å²) in [5.74, 6) is 0. The first-order chi connectivity index (χ1) is 20.1. The summed E-state index contributed by atoms with van der Waals surface area (Å²) >= 11 is 0. The minimum Gasteiger partial charge on any atom is -0.0616 e. The fourth-order valence-corrected chi connectivity index (χ4v) is 6.63. The van der Waals surface area contributed by atoms with Crippen LogP contribution in [0.3, 0.4) is 0 Å². The molecule has 0 nitrogen and oxygen atoms in total. The van der Waals surface area contributed by atoms with Gasteiger partial charge in [-0.1, -0.05) is 151 Å². The van der Waals surface area contributed by atoms with Crippen LogP contribution in [0.4, 0.5) is 0 Å². The van der Waals surface area contributed by atoms with Gasteiger partial charge in [-0.15, -0.1) is 0 Å². The van der Waals surface area contributed by atoms with E-state index in [2.05, 4.69) is 163 Å². The van der Waals surface area contributed by atoms with Crippen LogP contribution in [0.1, 0.15) is 52.7 Å². The molecule has 0 saturated heterocycles. The van der Waals surface area contributed by atoms with E-state index in [1.54, 1.807) is 0 Å². The minimum absolute atomic E-state index is 0.0366. The van der Waals surface area contributed by atoms with Gasteiger partial charge in [0.25, 0.3) is 0 Å². The second kappa shape index (κ2) is 9.57. The van der Waals surface area contributed by atoms with Crippen LogP contribution in [-0.4, -0.2) is 0 Å². The van der Waals surface area contributed by atoms with Gasteiger partial charge in [-0.05, 0) is 99.4 Å². The molecule has 0 spiro atoms. The van der Waals surface area contributed by atoms with Gasteiger partial charge < -0.3 is 0 Å². The van der Waals surface area contributed by atoms with Crippen molar-refractivity contribution < 1.29 is 0 Å². The molecule has 0 saturated carbocycles. The lowest BCUT2D eigenvalue weighted by atomic mass is 9.78. The van der Waals surface area contributed by atoms with Gasteiger partial charge in [0.05, 0.1) is 0 Å². The third-order valence-corrected chi connectivity index (χ3v) is 8.97. The van der Waals surface area contributed by atoms with Gasteiger partial charge in [-0.2, -0.15) is 0 Å². The maximum Gasteiger partial charge on any atom is -0.00200 e. The average Bonchev–Trinajstić information content (AvgIpc) is 2.98. The monoisotopic (exact) mass is 542 g/mol. The average molecular weight is 543 g/mol. The highest BCUT2D eigenvalue weighted by molar-refractivity contribution is 6.25. The summed E-state index contributed by atoms with van der Waals surface area (Å²) in [5, 5.41) is 10.4. The van der Waals surface area contributed by atoms with Gasteiger partial charge >= 0.3 is 0 Å². The topological polar surface area (TPSA) is 0 Å². The molecular formula is C42H38. The highest BCUT2D eigenvalue weighted by Gasteiger charge is 2.23. The first-order valence-corrected chi connectivity index (χ1v) is 15.1. The summed E-state index contributed by atoms with van der Waals surface area (Å²) in [4.78, 5) is 0. The molecule has 0 heterocycles. The van der Waals surface area contributed by atoms with Crippen molar-refractivity contribution in [2.75, 3.05) is 0 Å². The zero-order valence-electron chi connectivity index (χ0n) is 25.5. The summed E-state index contributed by atoms with van der Waals surface area (Å²) in [6, 6.07) is 45.6. The Hall–Kier alpha value is -4.42. The van der Waals surface area contributed by atoms with Crippen LogP contribution < -0.4 is 0 Å². The number of rotatable bonds is 2. The van der Waals surface area contributed by atoms with Crippen molar-refractivity contribution in [3.63, 3.8) is 0 Å². The Morgan fingerprint density at radius 2 is 0.714 bits per heavy atom. The van der Waals surface area contributed by atoms with Crippen molar-refractivity contribution in [1.29, 1.82) is 0 Å². The van der Waals surface area contributed by atoms with Gasteiger partial charge in [-0.25, -0.2) is 0 Å². The first-order valence-electron chi connectivity index (χ1n) is 15.1. The molecule has 7 aromatic carbocycles.